The molecule has 0 fully saturated rings. The Morgan fingerprint density at radius 2 is 0.800 bits per heavy atom. The third kappa shape index (κ3) is 49.7. The van der Waals surface area contributed by atoms with Crippen LogP contribution in [0.4, 0.5) is 0 Å². The standard InChI is InChI=1S/2CH4O4S.2Na.H2O/c2*2-1-6(3,4)5;;;/h2*2H,1H2,(H,3,4,5);;;1H2. The molecule has 0 saturated heterocycles. The van der Waals surface area contributed by atoms with Gasteiger partial charge in [-0.05, 0) is 0 Å². The number of aliphatic hydroxyl groups excluding tert-OH is 2. The molecule has 0 aromatic rings. The second-order valence-corrected chi connectivity index (χ2v) is 4.27. The second-order valence-electron chi connectivity index (χ2n) is 1.42. The number of rotatable bonds is 2. The van der Waals surface area contributed by atoms with E-state index in [1.807, 2.05) is 0 Å². The molecule has 0 saturated carbocycles. The first-order valence-electron chi connectivity index (χ1n) is 2.24. The van der Waals surface area contributed by atoms with Crippen molar-refractivity contribution in [3.8, 4) is 0 Å². The molecule has 0 bridgehead atoms. The fourth-order valence-corrected chi connectivity index (χ4v) is 0. The molecule has 0 aliphatic rings. The number of hydrogen-bond acceptors (Lipinski definition) is 6. The van der Waals surface area contributed by atoms with Gasteiger partial charge in [0.1, 0.15) is 0 Å². The van der Waals surface area contributed by atoms with Gasteiger partial charge in [-0.2, -0.15) is 16.8 Å². The van der Waals surface area contributed by atoms with Crippen molar-refractivity contribution in [1.82, 2.24) is 0 Å². The van der Waals surface area contributed by atoms with E-state index in [1.54, 1.807) is 0 Å². The van der Waals surface area contributed by atoms with Crippen LogP contribution < -0.4 is 0 Å². The smallest absolute Gasteiger partial charge is 0.289 e. The molecule has 0 rings (SSSR count). The summed E-state index contributed by atoms with van der Waals surface area (Å²) < 4.78 is 52.3. The summed E-state index contributed by atoms with van der Waals surface area (Å²) in [5.41, 5.74) is 0. The van der Waals surface area contributed by atoms with E-state index in [2.05, 4.69) is 0 Å². The van der Waals surface area contributed by atoms with Crippen molar-refractivity contribution < 1.29 is 41.6 Å². The fourth-order valence-electron chi connectivity index (χ4n) is 0. The maximum Gasteiger partial charge on any atom is 0.289 e. The Morgan fingerprint density at radius 1 is 0.733 bits per heavy atom. The van der Waals surface area contributed by atoms with Gasteiger partial charge in [0.15, 0.2) is 11.9 Å². The summed E-state index contributed by atoms with van der Waals surface area (Å²) in [7, 11) is -8.21. The first-order valence-corrected chi connectivity index (χ1v) is 5.46. The molecule has 0 aliphatic heterocycles. The second kappa shape index (κ2) is 13.8. The predicted octanol–water partition coefficient (Wildman–Crippen LogP) is -3.94. The molecule has 0 aromatic heterocycles. The SMILES string of the molecule is O.O=S(=O)(O)CO.O=S(=O)(O)CO.[Na].[Na]. The van der Waals surface area contributed by atoms with E-state index in [-0.39, 0.29) is 64.6 Å². The van der Waals surface area contributed by atoms with E-state index in [4.69, 9.17) is 19.3 Å². The summed E-state index contributed by atoms with van der Waals surface area (Å²) in [6.45, 7) is 0. The Bertz CT molecular complexity index is 260. The average Bonchev–Trinajstić information content (AvgIpc) is 1.86. The summed E-state index contributed by atoms with van der Waals surface area (Å²) in [5, 5.41) is 15.1. The predicted molar refractivity (Wildman–Crippen MR) is 52.4 cm³/mol. The maximum absolute atomic E-state index is 9.31. The molecule has 0 aromatic carbocycles. The first kappa shape index (κ1) is 30.1. The van der Waals surface area contributed by atoms with E-state index < -0.39 is 32.1 Å². The monoisotopic (exact) mass is 288 g/mol. The molecule has 0 aliphatic carbocycles. The van der Waals surface area contributed by atoms with Crippen LogP contribution in [0.1, 0.15) is 0 Å². The van der Waals surface area contributed by atoms with Crippen LogP contribution in [0.25, 0.3) is 0 Å². The van der Waals surface area contributed by atoms with E-state index in [1.165, 1.54) is 0 Å². The third-order valence-electron chi connectivity index (χ3n) is 0.326. The molecule has 2 radical (unpaired) electrons. The van der Waals surface area contributed by atoms with E-state index in [0.717, 1.165) is 0 Å². The molecule has 0 atom stereocenters. The van der Waals surface area contributed by atoms with Gasteiger partial charge in [0, 0.05) is 59.1 Å². The Hall–Kier alpha value is 1.70. The molecule has 0 heterocycles. The van der Waals surface area contributed by atoms with E-state index in [0.29, 0.717) is 0 Å². The minimum absolute atomic E-state index is 0. The summed E-state index contributed by atoms with van der Waals surface area (Å²) in [5.74, 6) is -2.40. The zero-order chi connectivity index (χ0) is 10.4. The van der Waals surface area contributed by atoms with Crippen molar-refractivity contribution in [2.45, 2.75) is 0 Å². The quantitative estimate of drug-likeness (QED) is 0.293. The number of hydrogen-bond donors (Lipinski definition) is 4. The van der Waals surface area contributed by atoms with E-state index in [9.17, 15) is 16.8 Å². The Morgan fingerprint density at radius 3 is 0.800 bits per heavy atom. The van der Waals surface area contributed by atoms with Gasteiger partial charge in [-0.25, -0.2) is 0 Å². The minimum Gasteiger partial charge on any atom is -0.412 e. The summed E-state index contributed by atoms with van der Waals surface area (Å²) >= 11 is 0. The molecule has 13 heteroatoms. The Kier molecular flexibility index (Phi) is 27.6. The van der Waals surface area contributed by atoms with Crippen LogP contribution in [0.15, 0.2) is 0 Å². The third-order valence-corrected chi connectivity index (χ3v) is 0.979. The van der Waals surface area contributed by atoms with Crippen molar-refractivity contribution >= 4 is 79.4 Å². The normalized spacial score (nSPS) is 9.33. The van der Waals surface area contributed by atoms with Crippen LogP contribution in [0, 0.1) is 0 Å². The van der Waals surface area contributed by atoms with Gasteiger partial charge in [-0.1, -0.05) is 0 Å². The number of aliphatic hydroxyl groups is 2. The molecular formula is C2H10Na2O9S2. The summed E-state index contributed by atoms with van der Waals surface area (Å²) in [4.78, 5) is 0. The molecule has 0 spiro atoms. The summed E-state index contributed by atoms with van der Waals surface area (Å²) in [6, 6.07) is 0. The van der Waals surface area contributed by atoms with Crippen LogP contribution in [-0.2, 0) is 20.2 Å². The fraction of sp³-hybridized carbons (Fsp3) is 1.00. The van der Waals surface area contributed by atoms with Crippen molar-refractivity contribution in [3.05, 3.63) is 0 Å². The van der Waals surface area contributed by atoms with Crippen molar-refractivity contribution in [2.24, 2.45) is 0 Å². The Labute approximate surface area is 131 Å². The van der Waals surface area contributed by atoms with Gasteiger partial charge in [0.25, 0.3) is 20.2 Å². The molecule has 9 nitrogen and oxygen atoms in total. The van der Waals surface area contributed by atoms with Crippen molar-refractivity contribution in [2.75, 3.05) is 11.9 Å². The van der Waals surface area contributed by atoms with Crippen LogP contribution >= 0.6 is 0 Å². The molecule has 86 valence electrons. The molecular weight excluding hydrogens is 278 g/mol. The zero-order valence-corrected chi connectivity index (χ0v) is 13.8. The van der Waals surface area contributed by atoms with Gasteiger partial charge >= 0.3 is 0 Å². The van der Waals surface area contributed by atoms with Crippen LogP contribution in [-0.4, -0.2) is 113 Å². The maximum atomic E-state index is 9.31. The van der Waals surface area contributed by atoms with Crippen LogP contribution in [0.5, 0.6) is 0 Å². The van der Waals surface area contributed by atoms with Crippen molar-refractivity contribution in [3.63, 3.8) is 0 Å². The largest absolute Gasteiger partial charge is 0.412 e. The minimum atomic E-state index is -4.11. The van der Waals surface area contributed by atoms with Gasteiger partial charge < -0.3 is 15.7 Å². The molecule has 15 heavy (non-hydrogen) atoms. The van der Waals surface area contributed by atoms with Gasteiger partial charge in [-0.3, -0.25) is 9.11 Å². The van der Waals surface area contributed by atoms with Crippen molar-refractivity contribution in [1.29, 1.82) is 0 Å². The molecule has 0 unspecified atom stereocenters. The molecule has 6 N–H and O–H groups in total. The molecule has 0 amide bonds. The van der Waals surface area contributed by atoms with E-state index >= 15 is 0 Å². The average molecular weight is 288 g/mol. The van der Waals surface area contributed by atoms with Gasteiger partial charge in [-0.15, -0.1) is 0 Å². The van der Waals surface area contributed by atoms with Gasteiger partial charge in [0.05, 0.1) is 0 Å². The van der Waals surface area contributed by atoms with Gasteiger partial charge in [0.2, 0.25) is 0 Å². The first-order chi connectivity index (χ1) is 5.12. The zero-order valence-electron chi connectivity index (χ0n) is 8.15. The van der Waals surface area contributed by atoms with Crippen LogP contribution in [0.2, 0.25) is 0 Å². The van der Waals surface area contributed by atoms with Crippen LogP contribution in [0.3, 0.4) is 0 Å². The summed E-state index contributed by atoms with van der Waals surface area (Å²) in [6.07, 6.45) is 0. The topological polar surface area (TPSA) is 181 Å². The Balaban J connectivity index is -0.0000000370.